The molecule has 0 aliphatic carbocycles. The summed E-state index contributed by atoms with van der Waals surface area (Å²) >= 11 is 1.72. The van der Waals surface area contributed by atoms with Gasteiger partial charge in [0.15, 0.2) is 5.13 Å². The van der Waals surface area contributed by atoms with Gasteiger partial charge in [0, 0.05) is 49.5 Å². The van der Waals surface area contributed by atoms with E-state index in [2.05, 4.69) is 61.3 Å². The molecule has 1 saturated heterocycles. The molecule has 2 aromatic heterocycles. The highest BCUT2D eigenvalue weighted by molar-refractivity contribution is 7.13. The number of rotatable bonds is 4. The van der Waals surface area contributed by atoms with E-state index in [-0.39, 0.29) is 0 Å². The van der Waals surface area contributed by atoms with Crippen LogP contribution in [0.15, 0.2) is 54.3 Å². The largest absolute Gasteiger partial charge is 0.347 e. The predicted octanol–water partition coefficient (Wildman–Crippen LogP) is 3.77. The zero-order chi connectivity index (χ0) is 15.5. The van der Waals surface area contributed by atoms with Crippen molar-refractivity contribution in [3.8, 4) is 0 Å². The standard InChI is InChI=1S/C18H20N4S/c1-2-5-15(6-3-1)13-21-11-8-19-17(21)16-7-4-10-22(14-16)18-20-9-12-23-18/h1-3,5-6,8-9,11-12,16H,4,7,10,13-14H2/t16-/m0/s1. The van der Waals surface area contributed by atoms with Crippen LogP contribution in [0.1, 0.15) is 30.1 Å². The third kappa shape index (κ3) is 3.15. The summed E-state index contributed by atoms with van der Waals surface area (Å²) in [6.07, 6.45) is 8.32. The second-order valence-electron chi connectivity index (χ2n) is 6.00. The molecule has 0 unspecified atom stereocenters. The van der Waals surface area contributed by atoms with Crippen molar-refractivity contribution in [3.63, 3.8) is 0 Å². The van der Waals surface area contributed by atoms with Crippen LogP contribution in [0.2, 0.25) is 0 Å². The van der Waals surface area contributed by atoms with Crippen LogP contribution >= 0.6 is 11.3 Å². The fourth-order valence-corrected chi connectivity index (χ4v) is 4.01. The molecule has 3 heterocycles. The van der Waals surface area contributed by atoms with Crippen molar-refractivity contribution in [2.75, 3.05) is 18.0 Å². The van der Waals surface area contributed by atoms with E-state index < -0.39 is 0 Å². The number of imidazole rings is 1. The Bertz CT molecular complexity index is 735. The van der Waals surface area contributed by atoms with Crippen LogP contribution < -0.4 is 4.90 Å². The molecule has 23 heavy (non-hydrogen) atoms. The van der Waals surface area contributed by atoms with E-state index in [1.165, 1.54) is 24.2 Å². The minimum atomic E-state index is 0.478. The molecular formula is C18H20N4S. The van der Waals surface area contributed by atoms with Crippen LogP contribution in [0, 0.1) is 0 Å². The maximum Gasteiger partial charge on any atom is 0.185 e. The van der Waals surface area contributed by atoms with Crippen molar-refractivity contribution in [1.29, 1.82) is 0 Å². The summed E-state index contributed by atoms with van der Waals surface area (Å²) in [4.78, 5) is 11.5. The summed E-state index contributed by atoms with van der Waals surface area (Å²) in [7, 11) is 0. The molecule has 0 spiro atoms. The van der Waals surface area contributed by atoms with Crippen LogP contribution in [-0.4, -0.2) is 27.6 Å². The molecule has 0 radical (unpaired) electrons. The van der Waals surface area contributed by atoms with Gasteiger partial charge in [-0.25, -0.2) is 9.97 Å². The molecule has 1 fully saturated rings. The Morgan fingerprint density at radius 2 is 2.04 bits per heavy atom. The van der Waals surface area contributed by atoms with Crippen molar-refractivity contribution in [3.05, 3.63) is 65.7 Å². The van der Waals surface area contributed by atoms with Gasteiger partial charge >= 0.3 is 0 Å². The first-order valence-electron chi connectivity index (χ1n) is 8.09. The number of anilines is 1. The van der Waals surface area contributed by atoms with Gasteiger partial charge in [0.2, 0.25) is 0 Å². The lowest BCUT2D eigenvalue weighted by atomic mass is 9.97. The summed E-state index contributed by atoms with van der Waals surface area (Å²) < 4.78 is 2.30. The van der Waals surface area contributed by atoms with Crippen molar-refractivity contribution in [2.45, 2.75) is 25.3 Å². The average molecular weight is 324 g/mol. The van der Waals surface area contributed by atoms with Gasteiger partial charge in [-0.05, 0) is 18.4 Å². The zero-order valence-corrected chi connectivity index (χ0v) is 13.8. The first-order valence-corrected chi connectivity index (χ1v) is 8.97. The van der Waals surface area contributed by atoms with E-state index >= 15 is 0 Å². The van der Waals surface area contributed by atoms with Crippen LogP contribution in [0.3, 0.4) is 0 Å². The molecule has 4 nitrogen and oxygen atoms in total. The van der Waals surface area contributed by atoms with Gasteiger partial charge in [0.05, 0.1) is 0 Å². The summed E-state index contributed by atoms with van der Waals surface area (Å²) in [5.74, 6) is 1.68. The molecule has 0 saturated carbocycles. The second-order valence-corrected chi connectivity index (χ2v) is 6.87. The van der Waals surface area contributed by atoms with E-state index in [1.54, 1.807) is 11.3 Å². The monoisotopic (exact) mass is 324 g/mol. The molecule has 5 heteroatoms. The zero-order valence-electron chi connectivity index (χ0n) is 13.0. The van der Waals surface area contributed by atoms with E-state index in [0.29, 0.717) is 5.92 Å². The lowest BCUT2D eigenvalue weighted by Gasteiger charge is -2.32. The Morgan fingerprint density at radius 3 is 2.87 bits per heavy atom. The van der Waals surface area contributed by atoms with Gasteiger partial charge in [-0.15, -0.1) is 11.3 Å². The minimum absolute atomic E-state index is 0.478. The number of piperidine rings is 1. The highest BCUT2D eigenvalue weighted by Gasteiger charge is 2.25. The molecule has 1 atom stereocenters. The lowest BCUT2D eigenvalue weighted by molar-refractivity contribution is 0.476. The van der Waals surface area contributed by atoms with Gasteiger partial charge in [-0.1, -0.05) is 30.3 Å². The number of hydrogen-bond donors (Lipinski definition) is 0. The van der Waals surface area contributed by atoms with E-state index in [1.807, 2.05) is 12.4 Å². The molecule has 0 bridgehead atoms. The minimum Gasteiger partial charge on any atom is -0.347 e. The van der Waals surface area contributed by atoms with Gasteiger partial charge in [-0.2, -0.15) is 0 Å². The Morgan fingerprint density at radius 1 is 1.13 bits per heavy atom. The number of nitrogens with zero attached hydrogens (tertiary/aromatic N) is 4. The fourth-order valence-electron chi connectivity index (χ4n) is 3.33. The molecule has 1 aromatic carbocycles. The number of benzene rings is 1. The highest BCUT2D eigenvalue weighted by Crippen LogP contribution is 2.30. The smallest absolute Gasteiger partial charge is 0.185 e. The molecular weight excluding hydrogens is 304 g/mol. The summed E-state index contributed by atoms with van der Waals surface area (Å²) in [5, 5.41) is 3.19. The third-order valence-corrected chi connectivity index (χ3v) is 5.25. The van der Waals surface area contributed by atoms with Crippen molar-refractivity contribution in [1.82, 2.24) is 14.5 Å². The first kappa shape index (κ1) is 14.5. The number of thiazole rings is 1. The van der Waals surface area contributed by atoms with E-state index in [4.69, 9.17) is 0 Å². The van der Waals surface area contributed by atoms with Crippen LogP contribution in [0.25, 0.3) is 0 Å². The Kier molecular flexibility index (Phi) is 4.11. The molecule has 4 rings (SSSR count). The second kappa shape index (κ2) is 6.54. The fraction of sp³-hybridized carbons (Fsp3) is 0.333. The van der Waals surface area contributed by atoms with Crippen LogP contribution in [0.5, 0.6) is 0 Å². The molecule has 118 valence electrons. The SMILES string of the molecule is c1ccc(Cn2ccnc2[C@H]2CCCN(c3nccs3)C2)cc1. The maximum atomic E-state index is 4.67. The topological polar surface area (TPSA) is 34.0 Å². The number of aromatic nitrogens is 3. The lowest BCUT2D eigenvalue weighted by Crippen LogP contribution is -2.35. The third-order valence-electron chi connectivity index (χ3n) is 4.42. The summed E-state index contributed by atoms with van der Waals surface area (Å²) in [6, 6.07) is 10.6. The van der Waals surface area contributed by atoms with Crippen LogP contribution in [0.4, 0.5) is 5.13 Å². The highest BCUT2D eigenvalue weighted by atomic mass is 32.1. The average Bonchev–Trinajstić information content (AvgIpc) is 3.28. The van der Waals surface area contributed by atoms with E-state index in [9.17, 15) is 0 Å². The normalized spacial score (nSPS) is 18.3. The van der Waals surface area contributed by atoms with Crippen molar-refractivity contribution < 1.29 is 0 Å². The van der Waals surface area contributed by atoms with Gasteiger partial charge < -0.3 is 9.47 Å². The Labute approximate surface area is 140 Å². The molecule has 0 N–H and O–H groups in total. The van der Waals surface area contributed by atoms with Crippen LogP contribution in [-0.2, 0) is 6.54 Å². The van der Waals surface area contributed by atoms with Crippen molar-refractivity contribution >= 4 is 16.5 Å². The quantitative estimate of drug-likeness (QED) is 0.732. The number of hydrogen-bond acceptors (Lipinski definition) is 4. The van der Waals surface area contributed by atoms with Crippen molar-refractivity contribution in [2.24, 2.45) is 0 Å². The molecule has 0 amide bonds. The summed E-state index contributed by atoms with van der Waals surface area (Å²) in [6.45, 7) is 3.01. The van der Waals surface area contributed by atoms with Gasteiger partial charge in [0.25, 0.3) is 0 Å². The predicted molar refractivity (Wildman–Crippen MR) is 94.1 cm³/mol. The van der Waals surface area contributed by atoms with Gasteiger partial charge in [0.1, 0.15) is 5.82 Å². The maximum absolute atomic E-state index is 4.67. The van der Waals surface area contributed by atoms with Gasteiger partial charge in [-0.3, -0.25) is 0 Å². The molecule has 1 aliphatic rings. The Hall–Kier alpha value is -2.14. The first-order chi connectivity index (χ1) is 11.4. The molecule has 3 aromatic rings. The van der Waals surface area contributed by atoms with E-state index in [0.717, 1.165) is 24.8 Å². The Balaban J connectivity index is 1.53. The summed E-state index contributed by atoms with van der Waals surface area (Å²) in [5.41, 5.74) is 1.32. The molecule has 1 aliphatic heterocycles.